The van der Waals surface area contributed by atoms with Gasteiger partial charge in [0.25, 0.3) is 0 Å². The number of aliphatic hydroxyl groups is 2. The Hall–Kier alpha value is -1.00. The first kappa shape index (κ1) is 15.5. The minimum absolute atomic E-state index is 0.0581. The molecule has 4 aliphatic rings. The van der Waals surface area contributed by atoms with Crippen molar-refractivity contribution in [2.24, 2.45) is 34.5 Å². The van der Waals surface area contributed by atoms with E-state index in [1.807, 2.05) is 6.92 Å². The lowest BCUT2D eigenvalue weighted by Crippen LogP contribution is -2.66. The summed E-state index contributed by atoms with van der Waals surface area (Å²) in [5.41, 5.74) is -0.745. The van der Waals surface area contributed by atoms with Crippen LogP contribution < -0.4 is 0 Å². The van der Waals surface area contributed by atoms with Crippen molar-refractivity contribution in [2.45, 2.75) is 58.2 Å². The van der Waals surface area contributed by atoms with Crippen LogP contribution in [0.25, 0.3) is 0 Å². The van der Waals surface area contributed by atoms with E-state index in [0.717, 1.165) is 19.3 Å². The highest BCUT2D eigenvalue weighted by atomic mass is 16.3. The zero-order valence-electron chi connectivity index (χ0n) is 13.9. The summed E-state index contributed by atoms with van der Waals surface area (Å²) in [4.78, 5) is 25.2. The summed E-state index contributed by atoms with van der Waals surface area (Å²) >= 11 is 0. The van der Waals surface area contributed by atoms with Crippen LogP contribution in [0.3, 0.4) is 0 Å². The summed E-state index contributed by atoms with van der Waals surface area (Å²) in [5, 5.41) is 21.9. The molecule has 0 amide bonds. The number of fused-ring (bicyclic) bond motifs is 3. The van der Waals surface area contributed by atoms with Crippen molar-refractivity contribution >= 4 is 11.6 Å². The van der Waals surface area contributed by atoms with Crippen LogP contribution in [0.15, 0.2) is 12.2 Å². The van der Waals surface area contributed by atoms with Gasteiger partial charge in [-0.1, -0.05) is 20.4 Å². The highest BCUT2D eigenvalue weighted by molar-refractivity contribution is 6.04. The van der Waals surface area contributed by atoms with Gasteiger partial charge >= 0.3 is 0 Å². The predicted octanol–water partition coefficient (Wildman–Crippen LogP) is 1.88. The molecule has 4 rings (SSSR count). The maximum Gasteiger partial charge on any atom is 0.170 e. The quantitative estimate of drug-likeness (QED) is 0.669. The first-order chi connectivity index (χ1) is 10.8. The number of hydrogen-bond acceptors (Lipinski definition) is 4. The summed E-state index contributed by atoms with van der Waals surface area (Å²) in [7, 11) is 0. The summed E-state index contributed by atoms with van der Waals surface area (Å²) in [6, 6.07) is 0. The van der Waals surface area contributed by atoms with Crippen LogP contribution in [-0.2, 0) is 9.59 Å². The third-order valence-electron chi connectivity index (χ3n) is 8.04. The molecule has 4 fully saturated rings. The molecule has 4 aliphatic carbocycles. The van der Waals surface area contributed by atoms with E-state index in [4.69, 9.17) is 0 Å². The van der Waals surface area contributed by atoms with Crippen LogP contribution in [0.5, 0.6) is 0 Å². The molecular weight excluding hydrogens is 292 g/mol. The van der Waals surface area contributed by atoms with Crippen molar-refractivity contribution in [3.63, 3.8) is 0 Å². The number of carbonyl (C=O) groups is 2. The van der Waals surface area contributed by atoms with Gasteiger partial charge in [-0.3, -0.25) is 9.59 Å². The minimum Gasteiger partial charge on any atom is -0.392 e. The second-order valence-electron chi connectivity index (χ2n) is 8.59. The Labute approximate surface area is 137 Å². The summed E-state index contributed by atoms with van der Waals surface area (Å²) in [6.45, 7) is 8.07. The highest BCUT2D eigenvalue weighted by Crippen LogP contribution is 2.68. The molecule has 0 aromatic heterocycles. The van der Waals surface area contributed by atoms with Crippen molar-refractivity contribution in [3.05, 3.63) is 12.2 Å². The van der Waals surface area contributed by atoms with Crippen LogP contribution >= 0.6 is 0 Å². The van der Waals surface area contributed by atoms with Crippen LogP contribution in [0.4, 0.5) is 0 Å². The molecule has 2 N–H and O–H groups in total. The molecule has 0 saturated heterocycles. The number of carbonyl (C=O) groups excluding carboxylic acids is 2. The largest absolute Gasteiger partial charge is 0.392 e. The topological polar surface area (TPSA) is 74.6 Å². The van der Waals surface area contributed by atoms with Gasteiger partial charge in [0.15, 0.2) is 5.78 Å². The smallest absolute Gasteiger partial charge is 0.170 e. The van der Waals surface area contributed by atoms with Crippen LogP contribution in [0.2, 0.25) is 0 Å². The molecule has 1 spiro atoms. The average molecular weight is 318 g/mol. The normalized spacial score (nSPS) is 55.6. The van der Waals surface area contributed by atoms with Gasteiger partial charge in [-0.2, -0.15) is 0 Å². The van der Waals surface area contributed by atoms with Crippen LogP contribution in [0.1, 0.15) is 46.0 Å². The number of rotatable bonds is 0. The Bertz CT molecular complexity index is 610. The number of hydrogen-bond donors (Lipinski definition) is 2. The fourth-order valence-corrected chi connectivity index (χ4v) is 6.78. The standard InChI is InChI=1S/C19H26O4/c1-9-11-4-5-14-18(3)7-6-13(20)10(2)12(18)8-15(21)19(14,16(9)22)17(11)23/h10-12,14-15,17,21,23H,1,4-8H2,2-3H3/t10-,11+,12-,14+,15-,17-,18-,19+/m1/s1. The third-order valence-corrected chi connectivity index (χ3v) is 8.04. The summed E-state index contributed by atoms with van der Waals surface area (Å²) in [5.74, 6) is -0.0788. The Kier molecular flexibility index (Phi) is 3.07. The number of aliphatic hydroxyl groups excluding tert-OH is 2. The molecule has 0 heterocycles. The number of Topliss-reactive ketones (excluding diaryl/α,β-unsaturated/α-hetero) is 2. The molecule has 4 heteroatoms. The molecule has 8 atom stereocenters. The van der Waals surface area contributed by atoms with E-state index in [2.05, 4.69) is 13.5 Å². The minimum atomic E-state index is -1.08. The van der Waals surface area contributed by atoms with Crippen molar-refractivity contribution < 1.29 is 19.8 Å². The first-order valence-corrected chi connectivity index (χ1v) is 8.88. The van der Waals surface area contributed by atoms with Crippen LogP contribution in [-0.4, -0.2) is 34.0 Å². The Morgan fingerprint density at radius 2 is 1.91 bits per heavy atom. The fraction of sp³-hybridized carbons (Fsp3) is 0.789. The second-order valence-corrected chi connectivity index (χ2v) is 8.59. The lowest BCUT2D eigenvalue weighted by atomic mass is 9.42. The van der Waals surface area contributed by atoms with Crippen molar-refractivity contribution in [2.75, 3.05) is 0 Å². The molecular formula is C19H26O4. The van der Waals surface area contributed by atoms with E-state index >= 15 is 0 Å². The van der Waals surface area contributed by atoms with Gasteiger partial charge in [0.05, 0.1) is 17.6 Å². The zero-order valence-corrected chi connectivity index (χ0v) is 13.9. The lowest BCUT2D eigenvalue weighted by Gasteiger charge is -2.62. The molecule has 126 valence electrons. The Morgan fingerprint density at radius 1 is 1.22 bits per heavy atom. The van der Waals surface area contributed by atoms with E-state index in [1.54, 1.807) is 0 Å². The van der Waals surface area contributed by atoms with E-state index in [1.165, 1.54) is 0 Å². The van der Waals surface area contributed by atoms with E-state index in [9.17, 15) is 19.8 Å². The highest BCUT2D eigenvalue weighted by Gasteiger charge is 2.73. The van der Waals surface area contributed by atoms with Gasteiger partial charge in [0.2, 0.25) is 0 Å². The van der Waals surface area contributed by atoms with Gasteiger partial charge in [0.1, 0.15) is 5.78 Å². The average Bonchev–Trinajstić information content (AvgIpc) is 2.63. The van der Waals surface area contributed by atoms with Crippen molar-refractivity contribution in [1.82, 2.24) is 0 Å². The monoisotopic (exact) mass is 318 g/mol. The molecule has 0 aromatic carbocycles. The second kappa shape index (κ2) is 4.54. The lowest BCUT2D eigenvalue weighted by molar-refractivity contribution is -0.214. The van der Waals surface area contributed by atoms with Crippen molar-refractivity contribution in [3.8, 4) is 0 Å². The maximum atomic E-state index is 13.0. The van der Waals surface area contributed by atoms with E-state index in [0.29, 0.717) is 18.4 Å². The Morgan fingerprint density at radius 3 is 2.61 bits per heavy atom. The van der Waals surface area contributed by atoms with E-state index in [-0.39, 0.29) is 40.7 Å². The molecule has 0 aromatic rings. The SMILES string of the molecule is C=C1C(=O)[C@@]23[C@H](O)C[C@@H]4[C@@H](C)C(=O)CC[C@@]4(C)[C@@H]2CC[C@@H]1[C@H]3O. The molecule has 0 radical (unpaired) electrons. The van der Waals surface area contributed by atoms with Gasteiger partial charge in [0, 0.05) is 18.3 Å². The molecule has 4 saturated carbocycles. The van der Waals surface area contributed by atoms with Crippen LogP contribution in [0, 0.1) is 34.5 Å². The molecule has 23 heavy (non-hydrogen) atoms. The Balaban J connectivity index is 1.86. The maximum absolute atomic E-state index is 13.0. The molecule has 2 bridgehead atoms. The molecule has 4 nitrogen and oxygen atoms in total. The molecule has 0 aliphatic heterocycles. The third kappa shape index (κ3) is 1.55. The predicted molar refractivity (Wildman–Crippen MR) is 84.4 cm³/mol. The van der Waals surface area contributed by atoms with Gasteiger partial charge in [-0.25, -0.2) is 0 Å². The van der Waals surface area contributed by atoms with Gasteiger partial charge in [-0.05, 0) is 48.5 Å². The zero-order chi connectivity index (χ0) is 16.7. The van der Waals surface area contributed by atoms with Gasteiger partial charge in [-0.15, -0.1) is 0 Å². The summed E-state index contributed by atoms with van der Waals surface area (Å²) in [6.07, 6.45) is 1.64. The fourth-order valence-electron chi connectivity index (χ4n) is 6.78. The number of ketones is 2. The van der Waals surface area contributed by atoms with E-state index < -0.39 is 17.6 Å². The first-order valence-electron chi connectivity index (χ1n) is 8.88. The molecule has 0 unspecified atom stereocenters. The van der Waals surface area contributed by atoms with Gasteiger partial charge < -0.3 is 10.2 Å². The van der Waals surface area contributed by atoms with Crippen molar-refractivity contribution in [1.29, 1.82) is 0 Å². The summed E-state index contributed by atoms with van der Waals surface area (Å²) < 4.78 is 0.